The molecule has 0 aromatic rings. The predicted octanol–water partition coefficient (Wildman–Crippen LogP) is 0.201. The standard InChI is InChI=1S/C12H22O6/c1-4-5-6-16-10-7(2)17-12(15)11(9(10)14)18-8(3)13/h7,9-12,14-15H,4-6H2,1-3H3/t7?,9?,10-,11-,12?/m0/s1. The van der Waals surface area contributed by atoms with Gasteiger partial charge < -0.3 is 24.4 Å². The molecule has 0 aromatic heterocycles. The average Bonchev–Trinajstić information content (AvgIpc) is 2.28. The number of esters is 1. The third kappa shape index (κ3) is 3.91. The van der Waals surface area contributed by atoms with Crippen molar-refractivity contribution in [2.24, 2.45) is 0 Å². The van der Waals surface area contributed by atoms with Crippen LogP contribution in [0.5, 0.6) is 0 Å². The van der Waals surface area contributed by atoms with Gasteiger partial charge in [0.05, 0.1) is 6.10 Å². The van der Waals surface area contributed by atoms with E-state index in [0.29, 0.717) is 6.61 Å². The van der Waals surface area contributed by atoms with E-state index in [-0.39, 0.29) is 0 Å². The summed E-state index contributed by atoms with van der Waals surface area (Å²) in [5.41, 5.74) is 0. The molecule has 0 aromatic carbocycles. The van der Waals surface area contributed by atoms with E-state index in [1.165, 1.54) is 6.92 Å². The van der Waals surface area contributed by atoms with Gasteiger partial charge >= 0.3 is 5.97 Å². The first-order chi connectivity index (χ1) is 8.47. The minimum absolute atomic E-state index is 0.460. The first kappa shape index (κ1) is 15.4. The molecule has 1 fully saturated rings. The molecule has 0 spiro atoms. The van der Waals surface area contributed by atoms with Gasteiger partial charge in [-0.05, 0) is 13.3 Å². The van der Waals surface area contributed by atoms with Crippen molar-refractivity contribution < 1.29 is 29.2 Å². The number of hydrogen-bond donors (Lipinski definition) is 2. The van der Waals surface area contributed by atoms with Crippen LogP contribution < -0.4 is 0 Å². The van der Waals surface area contributed by atoms with Crippen LogP contribution in [0, 0.1) is 0 Å². The smallest absolute Gasteiger partial charge is 0.303 e. The Morgan fingerprint density at radius 2 is 2.00 bits per heavy atom. The highest BCUT2D eigenvalue weighted by Gasteiger charge is 2.45. The number of aliphatic hydroxyl groups is 2. The minimum atomic E-state index is -1.33. The summed E-state index contributed by atoms with van der Waals surface area (Å²) in [6.07, 6.45) is -2.74. The van der Waals surface area contributed by atoms with Crippen LogP contribution in [0.2, 0.25) is 0 Å². The molecule has 0 radical (unpaired) electrons. The fraction of sp³-hybridized carbons (Fsp3) is 0.917. The van der Waals surface area contributed by atoms with Crippen LogP contribution in [0.4, 0.5) is 0 Å². The summed E-state index contributed by atoms with van der Waals surface area (Å²) in [5.74, 6) is -0.580. The second-order valence-electron chi connectivity index (χ2n) is 4.49. The van der Waals surface area contributed by atoms with Crippen LogP contribution in [0.1, 0.15) is 33.6 Å². The summed E-state index contributed by atoms with van der Waals surface area (Å²) in [5, 5.41) is 19.7. The zero-order chi connectivity index (χ0) is 13.7. The first-order valence-corrected chi connectivity index (χ1v) is 6.27. The van der Waals surface area contributed by atoms with E-state index in [1.807, 2.05) is 6.92 Å². The van der Waals surface area contributed by atoms with Gasteiger partial charge in [-0.3, -0.25) is 4.79 Å². The summed E-state index contributed by atoms with van der Waals surface area (Å²) in [6.45, 7) is 5.44. The molecule has 5 atom stereocenters. The maximum atomic E-state index is 10.9. The predicted molar refractivity (Wildman–Crippen MR) is 62.8 cm³/mol. The van der Waals surface area contributed by atoms with Crippen molar-refractivity contribution in [1.29, 1.82) is 0 Å². The minimum Gasteiger partial charge on any atom is -0.454 e. The number of rotatable bonds is 5. The third-order valence-corrected chi connectivity index (χ3v) is 2.88. The van der Waals surface area contributed by atoms with Gasteiger partial charge in [0, 0.05) is 13.5 Å². The first-order valence-electron chi connectivity index (χ1n) is 6.27. The Bertz CT molecular complexity index is 269. The molecule has 6 nitrogen and oxygen atoms in total. The van der Waals surface area contributed by atoms with Gasteiger partial charge in [0.25, 0.3) is 0 Å². The topological polar surface area (TPSA) is 85.2 Å². The molecule has 0 bridgehead atoms. The van der Waals surface area contributed by atoms with Crippen molar-refractivity contribution in [3.8, 4) is 0 Å². The van der Waals surface area contributed by atoms with E-state index in [2.05, 4.69) is 0 Å². The van der Waals surface area contributed by atoms with Gasteiger partial charge in [0.15, 0.2) is 12.4 Å². The zero-order valence-electron chi connectivity index (χ0n) is 11.0. The number of aliphatic hydroxyl groups excluding tert-OH is 2. The molecule has 0 saturated carbocycles. The second kappa shape index (κ2) is 7.04. The Morgan fingerprint density at radius 3 is 2.56 bits per heavy atom. The van der Waals surface area contributed by atoms with Crippen LogP contribution in [0.3, 0.4) is 0 Å². The van der Waals surface area contributed by atoms with Crippen molar-refractivity contribution in [3.63, 3.8) is 0 Å². The Labute approximate surface area is 107 Å². The quantitative estimate of drug-likeness (QED) is 0.544. The normalized spacial score (nSPS) is 36.4. The van der Waals surface area contributed by atoms with Gasteiger partial charge in [0.2, 0.25) is 0 Å². The Morgan fingerprint density at radius 1 is 1.33 bits per heavy atom. The van der Waals surface area contributed by atoms with Crippen LogP contribution in [0.25, 0.3) is 0 Å². The number of unbranched alkanes of at least 4 members (excludes halogenated alkanes) is 1. The molecule has 6 heteroatoms. The number of hydrogen-bond acceptors (Lipinski definition) is 6. The summed E-state index contributed by atoms with van der Waals surface area (Å²) in [4.78, 5) is 10.9. The molecule has 1 saturated heterocycles. The molecular weight excluding hydrogens is 240 g/mol. The summed E-state index contributed by atoms with van der Waals surface area (Å²) in [7, 11) is 0. The van der Waals surface area contributed by atoms with Gasteiger partial charge in [-0.2, -0.15) is 0 Å². The van der Waals surface area contributed by atoms with Crippen molar-refractivity contribution in [3.05, 3.63) is 0 Å². The highest BCUT2D eigenvalue weighted by molar-refractivity contribution is 5.66. The largest absolute Gasteiger partial charge is 0.454 e. The maximum absolute atomic E-state index is 10.9. The van der Waals surface area contributed by atoms with Gasteiger partial charge in [-0.25, -0.2) is 0 Å². The van der Waals surface area contributed by atoms with Crippen molar-refractivity contribution in [1.82, 2.24) is 0 Å². The Balaban J connectivity index is 2.62. The molecule has 1 heterocycles. The lowest BCUT2D eigenvalue weighted by molar-refractivity contribution is -0.289. The van der Waals surface area contributed by atoms with Gasteiger partial charge in [0.1, 0.15) is 12.2 Å². The lowest BCUT2D eigenvalue weighted by Crippen LogP contribution is -2.58. The molecule has 1 aliphatic rings. The highest BCUT2D eigenvalue weighted by atomic mass is 16.7. The molecule has 106 valence electrons. The Kier molecular flexibility index (Phi) is 6.01. The van der Waals surface area contributed by atoms with E-state index < -0.39 is 36.7 Å². The summed E-state index contributed by atoms with van der Waals surface area (Å²) in [6, 6.07) is 0. The molecule has 18 heavy (non-hydrogen) atoms. The number of carbonyl (C=O) groups excluding carboxylic acids is 1. The highest BCUT2D eigenvalue weighted by Crippen LogP contribution is 2.24. The molecular formula is C12H22O6. The zero-order valence-corrected chi connectivity index (χ0v) is 11.0. The lowest BCUT2D eigenvalue weighted by Gasteiger charge is -2.40. The van der Waals surface area contributed by atoms with Crippen molar-refractivity contribution in [2.45, 2.75) is 64.3 Å². The molecule has 0 aliphatic carbocycles. The van der Waals surface area contributed by atoms with E-state index in [0.717, 1.165) is 12.8 Å². The van der Waals surface area contributed by atoms with Crippen molar-refractivity contribution >= 4 is 5.97 Å². The Hall–Kier alpha value is -0.690. The molecule has 0 amide bonds. The summed E-state index contributed by atoms with van der Waals surface area (Å²) >= 11 is 0. The van der Waals surface area contributed by atoms with E-state index >= 15 is 0 Å². The van der Waals surface area contributed by atoms with Crippen LogP contribution in [0.15, 0.2) is 0 Å². The summed E-state index contributed by atoms with van der Waals surface area (Å²) < 4.78 is 15.6. The molecule has 3 unspecified atom stereocenters. The van der Waals surface area contributed by atoms with E-state index in [4.69, 9.17) is 14.2 Å². The van der Waals surface area contributed by atoms with Gasteiger partial charge in [-0.1, -0.05) is 13.3 Å². The molecule has 1 rings (SSSR count). The lowest BCUT2D eigenvalue weighted by atomic mass is 9.99. The van der Waals surface area contributed by atoms with Gasteiger partial charge in [-0.15, -0.1) is 0 Å². The third-order valence-electron chi connectivity index (χ3n) is 2.88. The maximum Gasteiger partial charge on any atom is 0.303 e. The van der Waals surface area contributed by atoms with Crippen LogP contribution in [-0.2, 0) is 19.0 Å². The van der Waals surface area contributed by atoms with Crippen LogP contribution in [-0.4, -0.2) is 53.5 Å². The number of ether oxygens (including phenoxy) is 3. The average molecular weight is 262 g/mol. The van der Waals surface area contributed by atoms with E-state index in [1.54, 1.807) is 6.92 Å². The second-order valence-corrected chi connectivity index (χ2v) is 4.49. The van der Waals surface area contributed by atoms with Crippen LogP contribution >= 0.6 is 0 Å². The fourth-order valence-electron chi connectivity index (χ4n) is 1.93. The van der Waals surface area contributed by atoms with Crippen molar-refractivity contribution in [2.75, 3.05) is 6.61 Å². The fourth-order valence-corrected chi connectivity index (χ4v) is 1.93. The SMILES string of the molecule is CCCCO[C@H]1C(C)OC(O)[C@@H](OC(C)=O)C1O. The number of carbonyl (C=O) groups is 1. The van der Waals surface area contributed by atoms with E-state index in [9.17, 15) is 15.0 Å². The molecule has 1 aliphatic heterocycles. The molecule has 2 N–H and O–H groups in total. The monoisotopic (exact) mass is 262 g/mol.